The summed E-state index contributed by atoms with van der Waals surface area (Å²) < 4.78 is 5.54. The van der Waals surface area contributed by atoms with Crippen molar-refractivity contribution in [2.75, 3.05) is 0 Å². The molecule has 0 aromatic heterocycles. The number of rotatable bonds is 1. The highest BCUT2D eigenvalue weighted by atomic mass is 35.5. The molecule has 2 rings (SSSR count). The fraction of sp³-hybridized carbons (Fsp3) is 0.364. The van der Waals surface area contributed by atoms with Crippen molar-refractivity contribution in [2.45, 2.75) is 25.4 Å². The van der Waals surface area contributed by atoms with Crippen LogP contribution >= 0.6 is 23.2 Å². The Labute approximate surface area is 103 Å². The highest BCUT2D eigenvalue weighted by molar-refractivity contribution is 6.42. The third-order valence-electron chi connectivity index (χ3n) is 2.62. The van der Waals surface area contributed by atoms with Crippen LogP contribution in [0.3, 0.4) is 0 Å². The van der Waals surface area contributed by atoms with Crippen LogP contribution in [0.2, 0.25) is 10.0 Å². The number of fused-ring (bicyclic) bond motifs is 1. The van der Waals surface area contributed by atoms with E-state index in [1.807, 2.05) is 6.92 Å². The first-order chi connectivity index (χ1) is 7.49. The molecule has 16 heavy (non-hydrogen) atoms. The number of halogens is 2. The van der Waals surface area contributed by atoms with Gasteiger partial charge in [-0.2, -0.15) is 0 Å². The van der Waals surface area contributed by atoms with Gasteiger partial charge in [-0.1, -0.05) is 23.2 Å². The summed E-state index contributed by atoms with van der Waals surface area (Å²) in [4.78, 5) is 11.1. The van der Waals surface area contributed by atoms with Gasteiger partial charge < -0.3 is 9.84 Å². The predicted molar refractivity (Wildman–Crippen MR) is 61.5 cm³/mol. The summed E-state index contributed by atoms with van der Waals surface area (Å²) in [5.74, 6) is -0.927. The molecule has 86 valence electrons. The van der Waals surface area contributed by atoms with Gasteiger partial charge in [-0.05, 0) is 13.0 Å². The molecule has 0 radical (unpaired) electrons. The maximum absolute atomic E-state index is 11.1. The predicted octanol–water partition coefficient (Wildman–Crippen LogP) is 3.33. The first-order valence-corrected chi connectivity index (χ1v) is 5.63. The molecule has 1 heterocycles. The fourth-order valence-electron chi connectivity index (χ4n) is 1.88. The van der Waals surface area contributed by atoms with Gasteiger partial charge in [0.1, 0.15) is 5.75 Å². The van der Waals surface area contributed by atoms with Crippen LogP contribution in [0.15, 0.2) is 12.1 Å². The zero-order valence-corrected chi connectivity index (χ0v) is 10.0. The normalized spacial score (nSPS) is 23.4. The lowest BCUT2D eigenvalue weighted by atomic mass is 9.90. The number of carboxylic acid groups (broad SMARTS) is 1. The molecule has 1 aromatic carbocycles. The molecule has 0 spiro atoms. The van der Waals surface area contributed by atoms with E-state index in [0.717, 1.165) is 0 Å². The standard InChI is InChI=1S/C11H10Cl2O3/c1-5-2-7(11(14)15)6-3-8(12)9(13)4-10(6)16-5/h3-5,7H,2H2,1H3,(H,14,15). The van der Waals surface area contributed by atoms with E-state index >= 15 is 0 Å². The van der Waals surface area contributed by atoms with E-state index < -0.39 is 11.9 Å². The largest absolute Gasteiger partial charge is 0.490 e. The Balaban J connectivity index is 2.52. The van der Waals surface area contributed by atoms with Crippen molar-refractivity contribution >= 4 is 29.2 Å². The van der Waals surface area contributed by atoms with Crippen molar-refractivity contribution in [1.82, 2.24) is 0 Å². The molecule has 1 aromatic rings. The van der Waals surface area contributed by atoms with E-state index in [1.165, 1.54) is 0 Å². The second-order valence-corrected chi connectivity index (χ2v) is 4.67. The third kappa shape index (κ3) is 1.97. The molecule has 0 aliphatic carbocycles. The summed E-state index contributed by atoms with van der Waals surface area (Å²) in [6.07, 6.45) is 0.311. The van der Waals surface area contributed by atoms with Crippen molar-refractivity contribution in [3.05, 3.63) is 27.7 Å². The Morgan fingerprint density at radius 1 is 1.44 bits per heavy atom. The van der Waals surface area contributed by atoms with Gasteiger partial charge in [-0.15, -0.1) is 0 Å². The highest BCUT2D eigenvalue weighted by Crippen LogP contribution is 2.40. The second kappa shape index (κ2) is 4.15. The number of benzene rings is 1. The molecule has 3 nitrogen and oxygen atoms in total. The summed E-state index contributed by atoms with van der Waals surface area (Å²) in [5, 5.41) is 9.86. The molecule has 0 amide bonds. The summed E-state index contributed by atoms with van der Waals surface area (Å²) in [5.41, 5.74) is 0.597. The van der Waals surface area contributed by atoms with Gasteiger partial charge in [-0.3, -0.25) is 4.79 Å². The van der Waals surface area contributed by atoms with Crippen LogP contribution in [-0.4, -0.2) is 17.2 Å². The first kappa shape index (κ1) is 11.6. The fourth-order valence-corrected chi connectivity index (χ4v) is 2.20. The summed E-state index contributed by atoms with van der Waals surface area (Å²) >= 11 is 11.7. The third-order valence-corrected chi connectivity index (χ3v) is 3.34. The molecular formula is C11H10Cl2O3. The Morgan fingerprint density at radius 2 is 2.06 bits per heavy atom. The van der Waals surface area contributed by atoms with Crippen LogP contribution in [-0.2, 0) is 4.79 Å². The van der Waals surface area contributed by atoms with Crippen molar-refractivity contribution in [3.63, 3.8) is 0 Å². The average Bonchev–Trinajstić information content (AvgIpc) is 2.19. The summed E-state index contributed by atoms with van der Waals surface area (Å²) in [6, 6.07) is 3.15. The minimum Gasteiger partial charge on any atom is -0.490 e. The van der Waals surface area contributed by atoms with E-state index in [9.17, 15) is 4.79 Å². The number of carboxylic acids is 1. The Morgan fingerprint density at radius 3 is 2.69 bits per heavy atom. The summed E-state index contributed by atoms with van der Waals surface area (Å²) in [6.45, 7) is 1.83. The Bertz CT molecular complexity index is 445. The smallest absolute Gasteiger partial charge is 0.311 e. The minimum atomic E-state index is -0.866. The summed E-state index contributed by atoms with van der Waals surface area (Å²) in [7, 11) is 0. The van der Waals surface area contributed by atoms with Crippen LogP contribution in [0, 0.1) is 0 Å². The minimum absolute atomic E-state index is 0.133. The van der Waals surface area contributed by atoms with Gasteiger partial charge >= 0.3 is 5.97 Å². The zero-order chi connectivity index (χ0) is 11.9. The topological polar surface area (TPSA) is 46.5 Å². The number of hydrogen-bond donors (Lipinski definition) is 1. The van der Waals surface area contributed by atoms with Crippen LogP contribution < -0.4 is 4.74 Å². The number of ether oxygens (including phenoxy) is 1. The van der Waals surface area contributed by atoms with Crippen LogP contribution in [0.5, 0.6) is 5.75 Å². The van der Waals surface area contributed by atoms with E-state index in [4.69, 9.17) is 33.0 Å². The molecule has 0 saturated heterocycles. The van der Waals surface area contributed by atoms with Gasteiger partial charge in [0.25, 0.3) is 0 Å². The molecule has 2 atom stereocenters. The molecule has 0 bridgehead atoms. The first-order valence-electron chi connectivity index (χ1n) is 4.87. The quantitative estimate of drug-likeness (QED) is 0.843. The zero-order valence-electron chi connectivity index (χ0n) is 8.54. The van der Waals surface area contributed by atoms with E-state index in [2.05, 4.69) is 0 Å². The SMILES string of the molecule is CC1CC(C(=O)O)c2cc(Cl)c(Cl)cc2O1. The monoisotopic (exact) mass is 260 g/mol. The molecule has 1 N–H and O–H groups in total. The van der Waals surface area contributed by atoms with Crippen molar-refractivity contribution in [2.24, 2.45) is 0 Å². The van der Waals surface area contributed by atoms with Crippen LogP contribution in [0.25, 0.3) is 0 Å². The maximum Gasteiger partial charge on any atom is 0.311 e. The van der Waals surface area contributed by atoms with E-state index in [0.29, 0.717) is 27.8 Å². The van der Waals surface area contributed by atoms with Gasteiger partial charge in [-0.25, -0.2) is 0 Å². The van der Waals surface area contributed by atoms with Gasteiger partial charge in [0.2, 0.25) is 0 Å². The molecule has 1 aliphatic rings. The highest BCUT2D eigenvalue weighted by Gasteiger charge is 2.31. The lowest BCUT2D eigenvalue weighted by Crippen LogP contribution is -2.27. The van der Waals surface area contributed by atoms with Crippen LogP contribution in [0.1, 0.15) is 24.8 Å². The van der Waals surface area contributed by atoms with Gasteiger partial charge in [0.05, 0.1) is 22.1 Å². The Hall–Kier alpha value is -0.930. The van der Waals surface area contributed by atoms with Crippen molar-refractivity contribution in [3.8, 4) is 5.75 Å². The van der Waals surface area contributed by atoms with Gasteiger partial charge in [0.15, 0.2) is 0 Å². The van der Waals surface area contributed by atoms with Gasteiger partial charge in [0, 0.05) is 18.1 Å². The average molecular weight is 261 g/mol. The molecule has 0 saturated carbocycles. The number of hydrogen-bond acceptors (Lipinski definition) is 2. The Kier molecular flexibility index (Phi) is 3.00. The lowest BCUT2D eigenvalue weighted by Gasteiger charge is -2.28. The second-order valence-electron chi connectivity index (χ2n) is 3.86. The van der Waals surface area contributed by atoms with E-state index in [1.54, 1.807) is 12.1 Å². The molecule has 0 fully saturated rings. The van der Waals surface area contributed by atoms with Crippen molar-refractivity contribution < 1.29 is 14.6 Å². The number of aliphatic carboxylic acids is 1. The number of carbonyl (C=O) groups is 1. The molecule has 2 unspecified atom stereocenters. The molecule has 1 aliphatic heterocycles. The van der Waals surface area contributed by atoms with Crippen LogP contribution in [0.4, 0.5) is 0 Å². The van der Waals surface area contributed by atoms with Crippen molar-refractivity contribution in [1.29, 1.82) is 0 Å². The maximum atomic E-state index is 11.1. The molecular weight excluding hydrogens is 251 g/mol. The lowest BCUT2D eigenvalue weighted by molar-refractivity contribution is -0.139. The molecule has 5 heteroatoms. The van der Waals surface area contributed by atoms with E-state index in [-0.39, 0.29) is 6.10 Å².